The van der Waals surface area contributed by atoms with Gasteiger partial charge in [0.25, 0.3) is 0 Å². The molecule has 0 saturated carbocycles. The van der Waals surface area contributed by atoms with E-state index in [4.69, 9.17) is 4.84 Å². The maximum Gasteiger partial charge on any atom is 0.343 e. The summed E-state index contributed by atoms with van der Waals surface area (Å²) < 4.78 is 0. The summed E-state index contributed by atoms with van der Waals surface area (Å²) in [6.07, 6.45) is 0. The Hall–Kier alpha value is -2.42. The molecule has 0 spiro atoms. The smallest absolute Gasteiger partial charge is 0.317 e. The zero-order chi connectivity index (χ0) is 14.1. The summed E-state index contributed by atoms with van der Waals surface area (Å²) in [6, 6.07) is 16.4. The number of carbonyl (C=O) groups excluding carboxylic acids is 1. The largest absolute Gasteiger partial charge is 0.343 e. The molecule has 3 rings (SSSR count). The van der Waals surface area contributed by atoms with Gasteiger partial charge in [-0.2, -0.15) is 0 Å². The van der Waals surface area contributed by atoms with Gasteiger partial charge in [-0.25, -0.2) is 4.79 Å². The van der Waals surface area contributed by atoms with Crippen molar-refractivity contribution in [1.82, 2.24) is 0 Å². The van der Waals surface area contributed by atoms with Crippen molar-refractivity contribution < 1.29 is 9.63 Å². The minimum atomic E-state index is -0.291. The van der Waals surface area contributed by atoms with Crippen molar-refractivity contribution in [2.45, 2.75) is 13.8 Å². The maximum atomic E-state index is 11.3. The highest BCUT2D eigenvalue weighted by Gasteiger charge is 2.29. The molecule has 1 unspecified atom stereocenters. The third-order valence-corrected chi connectivity index (χ3v) is 3.56. The highest BCUT2D eigenvalue weighted by Crippen LogP contribution is 2.23. The van der Waals surface area contributed by atoms with E-state index in [0.717, 1.165) is 11.1 Å². The molecule has 3 heteroatoms. The van der Waals surface area contributed by atoms with Gasteiger partial charge in [-0.15, -0.1) is 0 Å². The molecule has 0 aromatic heterocycles. The van der Waals surface area contributed by atoms with Crippen molar-refractivity contribution in [3.63, 3.8) is 0 Å². The highest BCUT2D eigenvalue weighted by atomic mass is 16.7. The Morgan fingerprint density at radius 2 is 1.40 bits per heavy atom. The first-order chi connectivity index (χ1) is 9.65. The predicted molar refractivity (Wildman–Crippen MR) is 78.4 cm³/mol. The number of rotatable bonds is 2. The van der Waals surface area contributed by atoms with Crippen LogP contribution in [0.25, 0.3) is 11.1 Å². The Bertz CT molecular complexity index is 669. The van der Waals surface area contributed by atoms with Crippen molar-refractivity contribution in [2.75, 3.05) is 0 Å². The molecule has 20 heavy (non-hydrogen) atoms. The first kappa shape index (κ1) is 12.6. The Kier molecular flexibility index (Phi) is 3.11. The molecule has 0 N–H and O–H groups in total. The Balaban J connectivity index is 1.88. The van der Waals surface area contributed by atoms with Gasteiger partial charge in [0.15, 0.2) is 0 Å². The minimum absolute atomic E-state index is 0.289. The molecule has 1 heterocycles. The van der Waals surface area contributed by atoms with Crippen molar-refractivity contribution in [1.29, 1.82) is 0 Å². The van der Waals surface area contributed by atoms with Crippen LogP contribution in [-0.4, -0.2) is 11.7 Å². The van der Waals surface area contributed by atoms with Crippen LogP contribution in [0.1, 0.15) is 18.1 Å². The lowest BCUT2D eigenvalue weighted by molar-refractivity contribution is -0.142. The number of benzene rings is 2. The molecule has 2 aromatic rings. The maximum absolute atomic E-state index is 11.3. The highest BCUT2D eigenvalue weighted by molar-refractivity contribution is 6.13. The first-order valence-electron chi connectivity index (χ1n) is 6.61. The standard InChI is InChI=1S/C17H15NO2/c1-11-3-5-13(6-4-11)14-7-9-15(10-8-14)16-12(2)17(19)20-18-16/h3-10,12H,1-2H3. The van der Waals surface area contributed by atoms with E-state index in [1.54, 1.807) is 0 Å². The number of nitrogens with zero attached hydrogens (tertiary/aromatic N) is 1. The summed E-state index contributed by atoms with van der Waals surface area (Å²) >= 11 is 0. The normalized spacial score (nSPS) is 17.8. The molecular weight excluding hydrogens is 250 g/mol. The predicted octanol–water partition coefficient (Wildman–Crippen LogP) is 3.56. The van der Waals surface area contributed by atoms with Gasteiger partial charge >= 0.3 is 5.97 Å². The summed E-state index contributed by atoms with van der Waals surface area (Å²) in [5.74, 6) is -0.581. The molecule has 0 saturated heterocycles. The van der Waals surface area contributed by atoms with E-state index in [9.17, 15) is 4.79 Å². The number of carbonyl (C=O) groups is 1. The number of hydrogen-bond acceptors (Lipinski definition) is 3. The molecule has 100 valence electrons. The topological polar surface area (TPSA) is 38.7 Å². The van der Waals surface area contributed by atoms with Crippen molar-refractivity contribution in [3.05, 3.63) is 59.7 Å². The fourth-order valence-corrected chi connectivity index (χ4v) is 2.25. The summed E-state index contributed by atoms with van der Waals surface area (Å²) in [4.78, 5) is 16.1. The Morgan fingerprint density at radius 3 is 1.90 bits per heavy atom. The second-order valence-corrected chi connectivity index (χ2v) is 5.05. The van der Waals surface area contributed by atoms with Crippen LogP contribution >= 0.6 is 0 Å². The van der Waals surface area contributed by atoms with E-state index >= 15 is 0 Å². The lowest BCUT2D eigenvalue weighted by Crippen LogP contribution is -2.15. The number of aryl methyl sites for hydroxylation is 1. The summed E-state index contributed by atoms with van der Waals surface area (Å²) in [6.45, 7) is 3.88. The van der Waals surface area contributed by atoms with Crippen LogP contribution in [-0.2, 0) is 9.63 Å². The van der Waals surface area contributed by atoms with Crippen LogP contribution < -0.4 is 0 Å². The number of oxime groups is 1. The zero-order valence-electron chi connectivity index (χ0n) is 11.5. The molecule has 3 nitrogen and oxygen atoms in total. The van der Waals surface area contributed by atoms with Gasteiger partial charge in [-0.05, 0) is 25.0 Å². The van der Waals surface area contributed by atoms with E-state index in [-0.39, 0.29) is 11.9 Å². The SMILES string of the molecule is Cc1ccc(-c2ccc(C3=NOC(=O)C3C)cc2)cc1. The summed E-state index contributed by atoms with van der Waals surface area (Å²) in [5, 5.41) is 3.85. The van der Waals surface area contributed by atoms with Crippen molar-refractivity contribution in [2.24, 2.45) is 11.1 Å². The van der Waals surface area contributed by atoms with Gasteiger partial charge in [0.2, 0.25) is 0 Å². The molecule has 1 atom stereocenters. The first-order valence-corrected chi connectivity index (χ1v) is 6.61. The van der Waals surface area contributed by atoms with Crippen LogP contribution in [0.5, 0.6) is 0 Å². The molecule has 1 aliphatic heterocycles. The van der Waals surface area contributed by atoms with E-state index < -0.39 is 0 Å². The molecular formula is C17H15NO2. The van der Waals surface area contributed by atoms with Crippen molar-refractivity contribution >= 4 is 11.7 Å². The number of hydrogen-bond donors (Lipinski definition) is 0. The molecule has 0 aliphatic carbocycles. The van der Waals surface area contributed by atoms with Crippen LogP contribution in [0.4, 0.5) is 0 Å². The lowest BCUT2D eigenvalue weighted by atomic mass is 9.96. The molecule has 1 aliphatic rings. The van der Waals surface area contributed by atoms with E-state index in [0.29, 0.717) is 5.71 Å². The minimum Gasteiger partial charge on any atom is -0.317 e. The van der Waals surface area contributed by atoms with Gasteiger partial charge in [0.1, 0.15) is 11.6 Å². The van der Waals surface area contributed by atoms with Crippen LogP contribution in [0.3, 0.4) is 0 Å². The molecule has 2 aromatic carbocycles. The Labute approximate surface area is 117 Å². The van der Waals surface area contributed by atoms with Gasteiger partial charge < -0.3 is 4.84 Å². The molecule has 0 bridgehead atoms. The third kappa shape index (κ3) is 2.23. The van der Waals surface area contributed by atoms with Crippen molar-refractivity contribution in [3.8, 4) is 11.1 Å². The molecule has 0 radical (unpaired) electrons. The van der Waals surface area contributed by atoms with Crippen LogP contribution in [0.2, 0.25) is 0 Å². The second-order valence-electron chi connectivity index (χ2n) is 5.05. The van der Waals surface area contributed by atoms with Crippen LogP contribution in [0.15, 0.2) is 53.7 Å². The van der Waals surface area contributed by atoms with E-state index in [1.165, 1.54) is 11.1 Å². The van der Waals surface area contributed by atoms with Gasteiger partial charge in [0, 0.05) is 5.56 Å². The summed E-state index contributed by atoms with van der Waals surface area (Å²) in [5.41, 5.74) is 5.20. The third-order valence-electron chi connectivity index (χ3n) is 3.56. The zero-order valence-corrected chi connectivity index (χ0v) is 11.5. The van der Waals surface area contributed by atoms with E-state index in [1.807, 2.05) is 31.2 Å². The summed E-state index contributed by atoms with van der Waals surface area (Å²) in [7, 11) is 0. The average Bonchev–Trinajstić information content (AvgIpc) is 2.80. The van der Waals surface area contributed by atoms with Crippen LogP contribution in [0, 0.1) is 12.8 Å². The molecule has 0 fully saturated rings. The van der Waals surface area contributed by atoms with Gasteiger partial charge in [0.05, 0.1) is 0 Å². The monoisotopic (exact) mass is 265 g/mol. The Morgan fingerprint density at radius 1 is 0.900 bits per heavy atom. The van der Waals surface area contributed by atoms with E-state index in [2.05, 4.69) is 36.3 Å². The quantitative estimate of drug-likeness (QED) is 0.779. The van der Waals surface area contributed by atoms with Gasteiger partial charge in [-0.1, -0.05) is 59.3 Å². The fraction of sp³-hybridized carbons (Fsp3) is 0.176. The second kappa shape index (κ2) is 4.93. The molecule has 0 amide bonds. The lowest BCUT2D eigenvalue weighted by Gasteiger charge is -2.06. The average molecular weight is 265 g/mol. The fourth-order valence-electron chi connectivity index (χ4n) is 2.25. The van der Waals surface area contributed by atoms with Gasteiger partial charge in [-0.3, -0.25) is 0 Å².